The second-order valence-electron chi connectivity index (χ2n) is 6.91. The van der Waals surface area contributed by atoms with Crippen LogP contribution >= 0.6 is 11.8 Å². The summed E-state index contributed by atoms with van der Waals surface area (Å²) >= 11 is 1.88. The van der Waals surface area contributed by atoms with Crippen molar-refractivity contribution in [1.82, 2.24) is 20.2 Å². The molecule has 2 aromatic rings. The number of hydrogen-bond donors (Lipinski definition) is 2. The Labute approximate surface area is 165 Å². The lowest BCUT2D eigenvalue weighted by atomic mass is 10.0. The van der Waals surface area contributed by atoms with Crippen LogP contribution in [-0.4, -0.2) is 58.5 Å². The number of nitrogens with two attached hydrogens (primary N) is 1. The summed E-state index contributed by atoms with van der Waals surface area (Å²) in [4.78, 5) is 23.4. The van der Waals surface area contributed by atoms with E-state index in [9.17, 15) is 4.79 Å². The van der Waals surface area contributed by atoms with Crippen LogP contribution in [0.3, 0.4) is 0 Å². The second kappa shape index (κ2) is 9.19. The fourth-order valence-electron chi connectivity index (χ4n) is 3.32. The van der Waals surface area contributed by atoms with Gasteiger partial charge in [-0.05, 0) is 44.2 Å². The maximum atomic E-state index is 12.5. The van der Waals surface area contributed by atoms with E-state index in [-0.39, 0.29) is 17.9 Å². The first-order valence-corrected chi connectivity index (χ1v) is 10.7. The van der Waals surface area contributed by atoms with Crippen LogP contribution in [-0.2, 0) is 0 Å². The van der Waals surface area contributed by atoms with Gasteiger partial charge in [-0.2, -0.15) is 11.8 Å². The van der Waals surface area contributed by atoms with E-state index in [0.29, 0.717) is 5.56 Å². The number of benzene rings is 1. The van der Waals surface area contributed by atoms with E-state index >= 15 is 0 Å². The molecule has 0 unspecified atom stereocenters. The van der Waals surface area contributed by atoms with E-state index in [0.717, 1.165) is 49.4 Å². The zero-order chi connectivity index (χ0) is 19.2. The average molecular weight is 386 g/mol. The number of aromatic nitrogens is 2. The molecule has 7 heteroatoms. The van der Waals surface area contributed by atoms with Crippen LogP contribution in [0.15, 0.2) is 30.3 Å². The van der Waals surface area contributed by atoms with E-state index in [4.69, 9.17) is 5.73 Å². The number of nitrogen functional groups attached to an aromatic ring is 1. The number of thioether (sulfide) groups is 1. The molecule has 1 saturated heterocycles. The molecule has 1 aromatic carbocycles. The molecule has 1 aliphatic heterocycles. The molecule has 0 atom stereocenters. The Kier molecular flexibility index (Phi) is 6.68. The van der Waals surface area contributed by atoms with Gasteiger partial charge in [-0.1, -0.05) is 12.1 Å². The van der Waals surface area contributed by atoms with E-state index in [1.54, 1.807) is 0 Å². The third-order valence-electron chi connectivity index (χ3n) is 4.85. The largest absolute Gasteiger partial charge is 0.368 e. The lowest BCUT2D eigenvalue weighted by Gasteiger charge is -2.32. The van der Waals surface area contributed by atoms with E-state index in [2.05, 4.69) is 26.4 Å². The summed E-state index contributed by atoms with van der Waals surface area (Å²) in [6.07, 6.45) is 4.16. The first-order valence-electron chi connectivity index (χ1n) is 9.29. The third kappa shape index (κ3) is 5.43. The molecular weight excluding hydrogens is 358 g/mol. The van der Waals surface area contributed by atoms with Gasteiger partial charge in [0.25, 0.3) is 5.91 Å². The van der Waals surface area contributed by atoms with Crippen LogP contribution < -0.4 is 11.1 Å². The predicted molar refractivity (Wildman–Crippen MR) is 112 cm³/mol. The van der Waals surface area contributed by atoms with Crippen LogP contribution in [0.2, 0.25) is 0 Å². The van der Waals surface area contributed by atoms with Gasteiger partial charge in [-0.25, -0.2) is 9.97 Å². The van der Waals surface area contributed by atoms with Crippen molar-refractivity contribution in [3.8, 4) is 11.3 Å². The SMILES string of the molecule is CSCCN1CCC(NC(=O)c2ccc(-c3cc(C)nc(N)n3)cc2)CC1. The summed E-state index contributed by atoms with van der Waals surface area (Å²) in [6.45, 7) is 5.13. The monoisotopic (exact) mass is 385 g/mol. The highest BCUT2D eigenvalue weighted by Crippen LogP contribution is 2.19. The fourth-order valence-corrected chi connectivity index (χ4v) is 3.76. The zero-order valence-electron chi connectivity index (χ0n) is 15.9. The molecule has 2 heterocycles. The summed E-state index contributed by atoms with van der Waals surface area (Å²) in [5.41, 5.74) is 8.91. The Balaban J connectivity index is 1.57. The Morgan fingerprint density at radius 3 is 2.59 bits per heavy atom. The average Bonchev–Trinajstić information content (AvgIpc) is 2.67. The number of aryl methyl sites for hydroxylation is 1. The lowest BCUT2D eigenvalue weighted by Crippen LogP contribution is -2.45. The first-order chi connectivity index (χ1) is 13.0. The molecule has 1 amide bonds. The summed E-state index contributed by atoms with van der Waals surface area (Å²) in [7, 11) is 0. The minimum absolute atomic E-state index is 0.0116. The van der Waals surface area contributed by atoms with Crippen molar-refractivity contribution in [2.24, 2.45) is 0 Å². The third-order valence-corrected chi connectivity index (χ3v) is 5.44. The van der Waals surface area contributed by atoms with E-state index in [1.165, 1.54) is 5.75 Å². The van der Waals surface area contributed by atoms with Crippen molar-refractivity contribution < 1.29 is 4.79 Å². The number of amides is 1. The van der Waals surface area contributed by atoms with Gasteiger partial charge in [0.1, 0.15) is 0 Å². The smallest absolute Gasteiger partial charge is 0.251 e. The number of rotatable bonds is 6. The highest BCUT2D eigenvalue weighted by Gasteiger charge is 2.20. The Bertz CT molecular complexity index is 752. The number of hydrogen-bond acceptors (Lipinski definition) is 6. The van der Waals surface area contributed by atoms with E-state index in [1.807, 2.05) is 49.0 Å². The molecule has 0 spiro atoms. The number of anilines is 1. The predicted octanol–water partition coefficient (Wildman–Crippen LogP) is 2.59. The molecule has 0 bridgehead atoms. The van der Waals surface area contributed by atoms with Gasteiger partial charge >= 0.3 is 0 Å². The number of piperidine rings is 1. The van der Waals surface area contributed by atoms with Gasteiger partial charge in [0.2, 0.25) is 5.95 Å². The molecule has 1 aromatic heterocycles. The molecular formula is C20H27N5OS. The van der Waals surface area contributed by atoms with Gasteiger partial charge < -0.3 is 16.0 Å². The van der Waals surface area contributed by atoms with Crippen molar-refractivity contribution in [3.05, 3.63) is 41.6 Å². The molecule has 3 N–H and O–H groups in total. The van der Waals surface area contributed by atoms with Crippen LogP contribution in [0.1, 0.15) is 28.9 Å². The van der Waals surface area contributed by atoms with Crippen LogP contribution in [0.25, 0.3) is 11.3 Å². The minimum atomic E-state index is -0.0116. The number of carbonyl (C=O) groups excluding carboxylic acids is 1. The molecule has 1 fully saturated rings. The zero-order valence-corrected chi connectivity index (χ0v) is 16.8. The molecule has 3 rings (SSSR count). The van der Waals surface area contributed by atoms with Crippen molar-refractivity contribution in [2.45, 2.75) is 25.8 Å². The van der Waals surface area contributed by atoms with Gasteiger partial charge in [0, 0.05) is 48.2 Å². The van der Waals surface area contributed by atoms with Crippen molar-refractivity contribution in [3.63, 3.8) is 0 Å². The van der Waals surface area contributed by atoms with E-state index < -0.39 is 0 Å². The topological polar surface area (TPSA) is 84.1 Å². The number of likely N-dealkylation sites (tertiary alicyclic amines) is 1. The minimum Gasteiger partial charge on any atom is -0.368 e. The second-order valence-corrected chi connectivity index (χ2v) is 7.90. The Morgan fingerprint density at radius 2 is 1.96 bits per heavy atom. The van der Waals surface area contributed by atoms with Gasteiger partial charge in [-0.3, -0.25) is 4.79 Å². The van der Waals surface area contributed by atoms with Gasteiger partial charge in [0.05, 0.1) is 5.69 Å². The Morgan fingerprint density at radius 1 is 1.26 bits per heavy atom. The molecule has 144 valence electrons. The summed E-state index contributed by atoms with van der Waals surface area (Å²) in [6, 6.07) is 9.63. The first kappa shape index (κ1) is 19.6. The number of nitrogens with one attached hydrogen (secondary N) is 1. The summed E-state index contributed by atoms with van der Waals surface area (Å²) in [5, 5.41) is 3.17. The molecule has 0 aliphatic carbocycles. The quantitative estimate of drug-likeness (QED) is 0.795. The van der Waals surface area contributed by atoms with Crippen LogP contribution in [0.5, 0.6) is 0 Å². The summed E-state index contributed by atoms with van der Waals surface area (Å²) < 4.78 is 0. The molecule has 1 aliphatic rings. The van der Waals surface area contributed by atoms with Gasteiger partial charge in [-0.15, -0.1) is 0 Å². The van der Waals surface area contributed by atoms with Crippen molar-refractivity contribution >= 4 is 23.6 Å². The normalized spacial score (nSPS) is 15.6. The standard InChI is InChI=1S/C20H27N5OS/c1-14-13-18(24-20(21)22-14)15-3-5-16(6-4-15)19(26)23-17-7-9-25(10-8-17)11-12-27-2/h3-6,13,17H,7-12H2,1-2H3,(H,23,26)(H2,21,22,24). The van der Waals surface area contributed by atoms with Crippen molar-refractivity contribution in [1.29, 1.82) is 0 Å². The van der Waals surface area contributed by atoms with Crippen LogP contribution in [0, 0.1) is 6.92 Å². The van der Waals surface area contributed by atoms with Gasteiger partial charge in [0.15, 0.2) is 0 Å². The Hall–Kier alpha value is -2.12. The summed E-state index contributed by atoms with van der Waals surface area (Å²) in [5.74, 6) is 1.42. The maximum Gasteiger partial charge on any atom is 0.251 e. The fraction of sp³-hybridized carbons (Fsp3) is 0.450. The number of carbonyl (C=O) groups is 1. The highest BCUT2D eigenvalue weighted by atomic mass is 32.2. The molecule has 0 radical (unpaired) electrons. The van der Waals surface area contributed by atoms with Crippen LogP contribution in [0.4, 0.5) is 5.95 Å². The lowest BCUT2D eigenvalue weighted by molar-refractivity contribution is 0.0913. The molecule has 27 heavy (non-hydrogen) atoms. The maximum absolute atomic E-state index is 12.5. The molecule has 6 nitrogen and oxygen atoms in total. The number of nitrogens with zero attached hydrogens (tertiary/aromatic N) is 3. The van der Waals surface area contributed by atoms with Crippen molar-refractivity contribution in [2.75, 3.05) is 37.4 Å². The highest BCUT2D eigenvalue weighted by molar-refractivity contribution is 7.98. The molecule has 0 saturated carbocycles.